The number of rotatable bonds is 8. The zero-order valence-electron chi connectivity index (χ0n) is 15.7. The molecule has 1 atom stereocenters. The number of amides is 1. The van der Waals surface area contributed by atoms with Gasteiger partial charge in [-0.05, 0) is 37.1 Å². The van der Waals surface area contributed by atoms with Crippen LogP contribution in [0.5, 0.6) is 5.75 Å². The van der Waals surface area contributed by atoms with Crippen LogP contribution in [0.3, 0.4) is 0 Å². The van der Waals surface area contributed by atoms with Gasteiger partial charge in [0.15, 0.2) is 0 Å². The van der Waals surface area contributed by atoms with Gasteiger partial charge in [0.05, 0.1) is 6.61 Å². The van der Waals surface area contributed by atoms with Crippen LogP contribution in [0.1, 0.15) is 27.2 Å². The highest BCUT2D eigenvalue weighted by Gasteiger charge is 2.63. The third kappa shape index (κ3) is 7.02. The van der Waals surface area contributed by atoms with Crippen LogP contribution >= 0.6 is 0 Å². The minimum Gasteiger partial charge on any atom is -0.463 e. The molecule has 0 radical (unpaired) electrons. The van der Waals surface area contributed by atoms with Crippen LogP contribution in [0.4, 0.5) is 32.0 Å². The number of benzene rings is 1. The molecule has 164 valence electrons. The molecule has 12 heteroatoms. The molecule has 0 spiro atoms. The van der Waals surface area contributed by atoms with E-state index in [-0.39, 0.29) is 12.3 Å². The van der Waals surface area contributed by atoms with E-state index >= 15 is 0 Å². The van der Waals surface area contributed by atoms with Gasteiger partial charge in [-0.15, -0.1) is 13.2 Å². The Morgan fingerprint density at radius 3 is 2.00 bits per heavy atom. The van der Waals surface area contributed by atoms with Crippen molar-refractivity contribution in [1.82, 2.24) is 5.32 Å². The van der Waals surface area contributed by atoms with Crippen molar-refractivity contribution < 1.29 is 45.4 Å². The Bertz CT molecular complexity index is 703. The zero-order chi connectivity index (χ0) is 22.5. The van der Waals surface area contributed by atoms with Crippen LogP contribution in [0.15, 0.2) is 24.3 Å². The summed E-state index contributed by atoms with van der Waals surface area (Å²) in [6.45, 7) is 4.05. The molecule has 1 amide bonds. The van der Waals surface area contributed by atoms with Gasteiger partial charge < -0.3 is 20.1 Å². The van der Waals surface area contributed by atoms with Gasteiger partial charge in [-0.1, -0.05) is 13.8 Å². The highest BCUT2D eigenvalue weighted by Crippen LogP contribution is 2.34. The van der Waals surface area contributed by atoms with Crippen LogP contribution in [0, 0.1) is 5.92 Å². The molecule has 0 aliphatic carbocycles. The minimum absolute atomic E-state index is 0.304. The number of halogens is 6. The SMILES string of the molecule is CCOC(=O)C(NC(=O)CC(C)C)(Nc1ccc(OC(F)(F)F)cc1)C(F)(F)F. The number of hydrogen-bond acceptors (Lipinski definition) is 5. The molecule has 0 saturated heterocycles. The number of nitrogens with one attached hydrogen (secondary N) is 2. The second-order valence-corrected chi connectivity index (χ2v) is 6.31. The van der Waals surface area contributed by atoms with E-state index in [0.29, 0.717) is 0 Å². The predicted octanol–water partition coefficient (Wildman–Crippen LogP) is 3.98. The Morgan fingerprint density at radius 2 is 1.59 bits per heavy atom. The van der Waals surface area contributed by atoms with Crippen LogP contribution in [-0.2, 0) is 14.3 Å². The molecule has 1 unspecified atom stereocenters. The van der Waals surface area contributed by atoms with Crippen molar-refractivity contribution in [2.24, 2.45) is 5.92 Å². The van der Waals surface area contributed by atoms with E-state index in [2.05, 4.69) is 9.47 Å². The Balaban J connectivity index is 3.28. The summed E-state index contributed by atoms with van der Waals surface area (Å²) in [5, 5.41) is 3.47. The van der Waals surface area contributed by atoms with Crippen LogP contribution in [0.2, 0.25) is 0 Å². The first-order valence-corrected chi connectivity index (χ1v) is 8.39. The zero-order valence-corrected chi connectivity index (χ0v) is 15.7. The molecular formula is C17H20F6N2O4. The lowest BCUT2D eigenvalue weighted by Gasteiger charge is -2.35. The van der Waals surface area contributed by atoms with Gasteiger partial charge in [-0.3, -0.25) is 4.79 Å². The Morgan fingerprint density at radius 1 is 1.03 bits per heavy atom. The molecule has 2 N–H and O–H groups in total. The summed E-state index contributed by atoms with van der Waals surface area (Å²) in [6.07, 6.45) is -10.6. The molecule has 6 nitrogen and oxygen atoms in total. The van der Waals surface area contributed by atoms with Crippen LogP contribution < -0.4 is 15.4 Å². The summed E-state index contributed by atoms with van der Waals surface area (Å²) >= 11 is 0. The maximum Gasteiger partial charge on any atom is 0.573 e. The Labute approximate surface area is 162 Å². The van der Waals surface area contributed by atoms with E-state index in [1.165, 1.54) is 6.92 Å². The first-order chi connectivity index (χ1) is 13.2. The smallest absolute Gasteiger partial charge is 0.463 e. The van der Waals surface area contributed by atoms with Gasteiger partial charge in [-0.25, -0.2) is 4.79 Å². The molecule has 1 aromatic rings. The fraction of sp³-hybridized carbons (Fsp3) is 0.529. The van der Waals surface area contributed by atoms with E-state index in [9.17, 15) is 35.9 Å². The molecule has 0 saturated carbocycles. The van der Waals surface area contributed by atoms with Gasteiger partial charge in [0.2, 0.25) is 5.91 Å². The normalized spacial score (nSPS) is 14.1. The quantitative estimate of drug-likeness (QED) is 0.371. The predicted molar refractivity (Wildman–Crippen MR) is 89.8 cm³/mol. The molecule has 1 rings (SSSR count). The lowest BCUT2D eigenvalue weighted by Crippen LogP contribution is -2.69. The number of anilines is 1. The van der Waals surface area contributed by atoms with E-state index in [1.54, 1.807) is 19.2 Å². The molecule has 0 bridgehead atoms. The van der Waals surface area contributed by atoms with Crippen molar-refractivity contribution in [3.63, 3.8) is 0 Å². The van der Waals surface area contributed by atoms with Crippen molar-refractivity contribution >= 4 is 17.6 Å². The monoisotopic (exact) mass is 430 g/mol. The van der Waals surface area contributed by atoms with Gasteiger partial charge in [0, 0.05) is 12.1 Å². The number of alkyl halides is 6. The maximum absolute atomic E-state index is 13.9. The van der Waals surface area contributed by atoms with E-state index in [4.69, 9.17) is 0 Å². The first-order valence-electron chi connectivity index (χ1n) is 8.39. The van der Waals surface area contributed by atoms with Crippen LogP contribution in [0.25, 0.3) is 0 Å². The lowest BCUT2D eigenvalue weighted by molar-refractivity contribution is -0.274. The summed E-state index contributed by atoms with van der Waals surface area (Å²) in [5.74, 6) is -3.88. The number of carbonyl (C=O) groups is 2. The Hall–Kier alpha value is -2.66. The number of carbonyl (C=O) groups excluding carboxylic acids is 2. The van der Waals surface area contributed by atoms with E-state index in [1.807, 2.05) is 5.32 Å². The van der Waals surface area contributed by atoms with Crippen molar-refractivity contribution in [2.75, 3.05) is 11.9 Å². The summed E-state index contributed by atoms with van der Waals surface area (Å²) in [4.78, 5) is 24.2. The van der Waals surface area contributed by atoms with Gasteiger partial charge in [0.1, 0.15) is 5.75 Å². The number of hydrogen-bond donors (Lipinski definition) is 2. The Kier molecular flexibility index (Phi) is 7.75. The fourth-order valence-electron chi connectivity index (χ4n) is 2.22. The average Bonchev–Trinajstić information content (AvgIpc) is 2.53. The van der Waals surface area contributed by atoms with Crippen molar-refractivity contribution in [3.05, 3.63) is 24.3 Å². The number of ether oxygens (including phenoxy) is 2. The lowest BCUT2D eigenvalue weighted by atomic mass is 10.1. The van der Waals surface area contributed by atoms with E-state index in [0.717, 1.165) is 24.3 Å². The van der Waals surface area contributed by atoms with Crippen LogP contribution in [-0.4, -0.2) is 36.7 Å². The molecule has 0 fully saturated rings. The van der Waals surface area contributed by atoms with Gasteiger partial charge >= 0.3 is 24.2 Å². The minimum atomic E-state index is -5.34. The summed E-state index contributed by atoms with van der Waals surface area (Å²) < 4.78 is 86.4. The highest BCUT2D eigenvalue weighted by atomic mass is 19.4. The molecule has 0 aromatic heterocycles. The summed E-state index contributed by atoms with van der Waals surface area (Å²) in [5.41, 5.74) is -4.05. The first kappa shape index (κ1) is 24.4. The van der Waals surface area contributed by atoms with E-state index < -0.39 is 48.1 Å². The molecule has 29 heavy (non-hydrogen) atoms. The van der Waals surface area contributed by atoms with Gasteiger partial charge in [0.25, 0.3) is 0 Å². The molecule has 1 aromatic carbocycles. The largest absolute Gasteiger partial charge is 0.573 e. The molecule has 0 heterocycles. The molecule has 0 aliphatic rings. The summed E-state index contributed by atoms with van der Waals surface area (Å²) in [7, 11) is 0. The van der Waals surface area contributed by atoms with Gasteiger partial charge in [-0.2, -0.15) is 13.2 Å². The third-order valence-electron chi connectivity index (χ3n) is 3.35. The second kappa shape index (κ2) is 9.23. The van der Waals surface area contributed by atoms with Crippen molar-refractivity contribution in [1.29, 1.82) is 0 Å². The molecular weight excluding hydrogens is 410 g/mol. The standard InChI is InChI=1S/C17H20F6N2O4/c1-4-28-14(27)15(16(18,19)20,25-13(26)9-10(2)3)24-11-5-7-12(8-6-11)29-17(21,22)23/h5-8,10,24H,4,9H2,1-3H3,(H,25,26). The maximum atomic E-state index is 13.9. The third-order valence-corrected chi connectivity index (χ3v) is 3.35. The molecule has 0 aliphatic heterocycles. The second-order valence-electron chi connectivity index (χ2n) is 6.31. The fourth-order valence-corrected chi connectivity index (χ4v) is 2.22. The topological polar surface area (TPSA) is 76.7 Å². The summed E-state index contributed by atoms with van der Waals surface area (Å²) in [6, 6.07) is 3.15. The van der Waals surface area contributed by atoms with Crippen molar-refractivity contribution in [2.45, 2.75) is 45.4 Å². The highest BCUT2D eigenvalue weighted by molar-refractivity contribution is 5.91. The number of esters is 1. The van der Waals surface area contributed by atoms with Crippen molar-refractivity contribution in [3.8, 4) is 5.75 Å². The average molecular weight is 430 g/mol.